The van der Waals surface area contributed by atoms with E-state index < -0.39 is 0 Å². The lowest BCUT2D eigenvalue weighted by Gasteiger charge is -2.15. The maximum atomic E-state index is 6.22. The molecule has 0 amide bonds. The van der Waals surface area contributed by atoms with Crippen LogP contribution in [0, 0.1) is 0 Å². The molecule has 0 aliphatic heterocycles. The maximum absolute atomic E-state index is 6.22. The van der Waals surface area contributed by atoms with Crippen molar-refractivity contribution >= 4 is 11.3 Å². The number of hydrogen-bond donors (Lipinski definition) is 1. The Morgan fingerprint density at radius 3 is 2.75 bits per heavy atom. The molecule has 0 aliphatic carbocycles. The molecule has 16 heavy (non-hydrogen) atoms. The quantitative estimate of drug-likeness (QED) is 0.880. The third-order valence-electron chi connectivity index (χ3n) is 2.40. The maximum Gasteiger partial charge on any atom is 0.124 e. The van der Waals surface area contributed by atoms with Crippen LogP contribution >= 0.6 is 11.3 Å². The van der Waals surface area contributed by atoms with Gasteiger partial charge in [0, 0.05) is 10.4 Å². The van der Waals surface area contributed by atoms with E-state index in [9.17, 15) is 0 Å². The number of ether oxygens (including phenoxy) is 1. The fraction of sp³-hybridized carbons (Fsp3) is 0.231. The molecule has 1 unspecified atom stereocenters. The van der Waals surface area contributed by atoms with Crippen LogP contribution in [0.3, 0.4) is 0 Å². The largest absolute Gasteiger partial charge is 0.494 e. The second-order valence-corrected chi connectivity index (χ2v) is 4.44. The van der Waals surface area contributed by atoms with Crippen LogP contribution in [-0.2, 0) is 0 Å². The predicted octanol–water partition coefficient (Wildman–Crippen LogP) is 3.19. The van der Waals surface area contributed by atoms with E-state index in [1.165, 1.54) is 0 Å². The van der Waals surface area contributed by atoms with Crippen molar-refractivity contribution in [2.45, 2.75) is 13.0 Å². The topological polar surface area (TPSA) is 35.2 Å². The van der Waals surface area contributed by atoms with Crippen molar-refractivity contribution in [3.63, 3.8) is 0 Å². The van der Waals surface area contributed by atoms with Crippen LogP contribution in [0.1, 0.15) is 23.4 Å². The first-order valence-corrected chi connectivity index (χ1v) is 6.21. The Bertz CT molecular complexity index is 439. The fourth-order valence-electron chi connectivity index (χ4n) is 1.65. The number of rotatable bonds is 4. The van der Waals surface area contributed by atoms with E-state index in [4.69, 9.17) is 10.5 Å². The Kier molecular flexibility index (Phi) is 3.59. The van der Waals surface area contributed by atoms with Gasteiger partial charge in [0.25, 0.3) is 0 Å². The normalized spacial score (nSPS) is 12.4. The van der Waals surface area contributed by atoms with Crippen LogP contribution in [0.2, 0.25) is 0 Å². The molecule has 3 heteroatoms. The molecule has 0 spiro atoms. The molecule has 0 saturated heterocycles. The number of benzene rings is 1. The second kappa shape index (κ2) is 5.14. The highest BCUT2D eigenvalue weighted by molar-refractivity contribution is 7.10. The molecule has 0 aliphatic rings. The zero-order valence-corrected chi connectivity index (χ0v) is 10.0. The third kappa shape index (κ3) is 2.26. The summed E-state index contributed by atoms with van der Waals surface area (Å²) in [6.45, 7) is 2.64. The van der Waals surface area contributed by atoms with Gasteiger partial charge in [-0.3, -0.25) is 0 Å². The van der Waals surface area contributed by atoms with Gasteiger partial charge in [0.05, 0.1) is 12.6 Å². The summed E-state index contributed by atoms with van der Waals surface area (Å²) in [6, 6.07) is 11.9. The molecular weight excluding hydrogens is 218 g/mol. The standard InChI is InChI=1S/C13H15NOS/c1-2-15-11-7-4-3-6-10(11)13(14)12-8-5-9-16-12/h3-9,13H,2,14H2,1H3. The van der Waals surface area contributed by atoms with E-state index in [1.54, 1.807) is 11.3 Å². The average Bonchev–Trinajstić information content (AvgIpc) is 2.83. The van der Waals surface area contributed by atoms with Gasteiger partial charge in [-0.1, -0.05) is 24.3 Å². The molecule has 1 atom stereocenters. The van der Waals surface area contributed by atoms with Gasteiger partial charge >= 0.3 is 0 Å². The smallest absolute Gasteiger partial charge is 0.124 e. The minimum Gasteiger partial charge on any atom is -0.494 e. The Balaban J connectivity index is 2.32. The van der Waals surface area contributed by atoms with Crippen molar-refractivity contribution in [3.8, 4) is 5.75 Å². The highest BCUT2D eigenvalue weighted by Gasteiger charge is 2.14. The van der Waals surface area contributed by atoms with Gasteiger partial charge < -0.3 is 10.5 Å². The van der Waals surface area contributed by atoms with Crippen molar-refractivity contribution in [1.82, 2.24) is 0 Å². The Morgan fingerprint density at radius 1 is 1.25 bits per heavy atom. The molecule has 0 bridgehead atoms. The zero-order valence-electron chi connectivity index (χ0n) is 9.22. The van der Waals surface area contributed by atoms with Gasteiger partial charge in [-0.25, -0.2) is 0 Å². The molecule has 1 aromatic carbocycles. The van der Waals surface area contributed by atoms with Gasteiger partial charge in [0.15, 0.2) is 0 Å². The van der Waals surface area contributed by atoms with Crippen LogP contribution in [0.5, 0.6) is 5.75 Å². The lowest BCUT2D eigenvalue weighted by Crippen LogP contribution is -2.12. The zero-order chi connectivity index (χ0) is 11.4. The molecule has 2 N–H and O–H groups in total. The molecule has 0 saturated carbocycles. The van der Waals surface area contributed by atoms with Gasteiger partial charge in [-0.15, -0.1) is 11.3 Å². The van der Waals surface area contributed by atoms with Crippen molar-refractivity contribution in [3.05, 3.63) is 52.2 Å². The summed E-state index contributed by atoms with van der Waals surface area (Å²) in [5.41, 5.74) is 7.27. The lowest BCUT2D eigenvalue weighted by molar-refractivity contribution is 0.335. The van der Waals surface area contributed by atoms with Gasteiger partial charge in [-0.05, 0) is 24.4 Å². The molecule has 2 rings (SSSR count). The molecule has 84 valence electrons. The van der Waals surface area contributed by atoms with Crippen molar-refractivity contribution in [2.75, 3.05) is 6.61 Å². The lowest BCUT2D eigenvalue weighted by atomic mass is 10.1. The van der Waals surface area contributed by atoms with E-state index in [-0.39, 0.29) is 6.04 Å². The minimum atomic E-state index is -0.0947. The van der Waals surface area contributed by atoms with Crippen LogP contribution < -0.4 is 10.5 Å². The van der Waals surface area contributed by atoms with Crippen LogP contribution in [-0.4, -0.2) is 6.61 Å². The molecule has 1 heterocycles. The average molecular weight is 233 g/mol. The Hall–Kier alpha value is -1.32. The summed E-state index contributed by atoms with van der Waals surface area (Å²) in [4.78, 5) is 1.16. The first kappa shape index (κ1) is 11.2. The van der Waals surface area contributed by atoms with E-state index in [1.807, 2.05) is 42.6 Å². The van der Waals surface area contributed by atoms with Crippen molar-refractivity contribution in [1.29, 1.82) is 0 Å². The minimum absolute atomic E-state index is 0.0947. The summed E-state index contributed by atoms with van der Waals surface area (Å²) in [7, 11) is 0. The molecule has 0 radical (unpaired) electrons. The first-order valence-electron chi connectivity index (χ1n) is 5.33. The van der Waals surface area contributed by atoms with E-state index in [0.29, 0.717) is 6.61 Å². The second-order valence-electron chi connectivity index (χ2n) is 3.46. The van der Waals surface area contributed by atoms with Gasteiger partial charge in [0.2, 0.25) is 0 Å². The third-order valence-corrected chi connectivity index (χ3v) is 3.36. The molecule has 1 aromatic heterocycles. The highest BCUT2D eigenvalue weighted by atomic mass is 32.1. The van der Waals surface area contributed by atoms with E-state index >= 15 is 0 Å². The molecule has 0 fully saturated rings. The summed E-state index contributed by atoms with van der Waals surface area (Å²) in [5.74, 6) is 0.880. The van der Waals surface area contributed by atoms with E-state index in [2.05, 4.69) is 6.07 Å². The first-order chi connectivity index (χ1) is 7.83. The number of thiophene rings is 1. The molecule has 2 nitrogen and oxygen atoms in total. The monoisotopic (exact) mass is 233 g/mol. The number of para-hydroxylation sites is 1. The van der Waals surface area contributed by atoms with Crippen molar-refractivity contribution in [2.24, 2.45) is 5.73 Å². The van der Waals surface area contributed by atoms with Gasteiger partial charge in [0.1, 0.15) is 5.75 Å². The predicted molar refractivity (Wildman–Crippen MR) is 68.0 cm³/mol. The summed E-state index contributed by atoms with van der Waals surface area (Å²) in [6.07, 6.45) is 0. The molecular formula is C13H15NOS. The van der Waals surface area contributed by atoms with Crippen LogP contribution in [0.15, 0.2) is 41.8 Å². The summed E-state index contributed by atoms with van der Waals surface area (Å²) in [5, 5.41) is 2.04. The van der Waals surface area contributed by atoms with Crippen molar-refractivity contribution < 1.29 is 4.74 Å². The van der Waals surface area contributed by atoms with E-state index in [0.717, 1.165) is 16.2 Å². The fourth-order valence-corrected chi connectivity index (χ4v) is 2.39. The van der Waals surface area contributed by atoms with Crippen LogP contribution in [0.25, 0.3) is 0 Å². The summed E-state index contributed by atoms with van der Waals surface area (Å²) < 4.78 is 5.58. The van der Waals surface area contributed by atoms with Crippen LogP contribution in [0.4, 0.5) is 0 Å². The highest BCUT2D eigenvalue weighted by Crippen LogP contribution is 2.30. The summed E-state index contributed by atoms with van der Waals surface area (Å²) >= 11 is 1.67. The SMILES string of the molecule is CCOc1ccccc1C(N)c1cccs1. The van der Waals surface area contributed by atoms with Gasteiger partial charge in [-0.2, -0.15) is 0 Å². The Morgan fingerprint density at radius 2 is 2.06 bits per heavy atom. The Labute approximate surface area is 99.7 Å². The number of nitrogens with two attached hydrogens (primary N) is 1. The molecule has 2 aromatic rings. The number of hydrogen-bond acceptors (Lipinski definition) is 3.